The number of urea groups is 1. The van der Waals surface area contributed by atoms with Crippen molar-refractivity contribution in [2.75, 3.05) is 40.3 Å². The molecule has 5 rings (SSSR count). The molecule has 1 aromatic heterocycles. The summed E-state index contributed by atoms with van der Waals surface area (Å²) in [5, 5.41) is 16.7. The Labute approximate surface area is 268 Å². The summed E-state index contributed by atoms with van der Waals surface area (Å²) in [5.41, 5.74) is -0.849. The third kappa shape index (κ3) is 7.49. The topological polar surface area (TPSA) is 127 Å². The Bertz CT molecular complexity index is 1600. The number of aromatic hydroxyl groups is 1. The van der Waals surface area contributed by atoms with Gasteiger partial charge < -0.3 is 25.1 Å². The molecule has 2 aliphatic heterocycles. The standard InChI is InChI=1S/C31H37ClF3N7O4/c1-39(2)21-8-12-40(13-9-21)28(44)25(18-19-16-23(31(33,34)35)26(43)24(32)17-19)36-29(45)41-14-10-22(11-15-41)42-30(46)37-27(38-42)20-6-4-3-5-7-20/h3-7,16-17,21-22,25,43H,8-15,18H2,1-2H3,(H,36,45)(H,37,38,46)/t25-/m1/s1. The number of carbonyl (C=O) groups excluding carboxylic acids is 2. The first-order chi connectivity index (χ1) is 21.8. The van der Waals surface area contributed by atoms with Gasteiger partial charge in [-0.05, 0) is 57.5 Å². The summed E-state index contributed by atoms with van der Waals surface area (Å²) >= 11 is 5.94. The van der Waals surface area contributed by atoms with Crippen molar-refractivity contribution in [3.05, 3.63) is 69.1 Å². The molecule has 0 saturated carbocycles. The molecule has 2 saturated heterocycles. The van der Waals surface area contributed by atoms with Gasteiger partial charge in [-0.25, -0.2) is 14.3 Å². The Morgan fingerprint density at radius 2 is 1.70 bits per heavy atom. The van der Waals surface area contributed by atoms with E-state index in [9.17, 15) is 32.7 Å². The van der Waals surface area contributed by atoms with Crippen molar-refractivity contribution in [3.63, 3.8) is 0 Å². The number of H-pyrrole nitrogens is 1. The lowest BCUT2D eigenvalue weighted by atomic mass is 9.99. The van der Waals surface area contributed by atoms with Crippen molar-refractivity contribution in [2.45, 2.75) is 56.4 Å². The fourth-order valence-corrected chi connectivity index (χ4v) is 6.35. The van der Waals surface area contributed by atoms with Crippen LogP contribution in [0.25, 0.3) is 11.4 Å². The Morgan fingerprint density at radius 1 is 1.07 bits per heavy atom. The van der Waals surface area contributed by atoms with Gasteiger partial charge in [0, 0.05) is 44.2 Å². The number of benzene rings is 2. The normalized spacial score (nSPS) is 17.4. The fraction of sp³-hybridized carbons (Fsp3) is 0.484. The van der Waals surface area contributed by atoms with Crippen LogP contribution in [0.2, 0.25) is 5.02 Å². The highest BCUT2D eigenvalue weighted by Gasteiger charge is 2.37. The number of aromatic nitrogens is 3. The minimum atomic E-state index is -4.87. The molecule has 3 amide bonds. The monoisotopic (exact) mass is 663 g/mol. The Balaban J connectivity index is 1.30. The van der Waals surface area contributed by atoms with Crippen LogP contribution >= 0.6 is 11.6 Å². The van der Waals surface area contributed by atoms with Gasteiger partial charge in [-0.2, -0.15) is 13.2 Å². The van der Waals surface area contributed by atoms with E-state index in [0.717, 1.165) is 11.6 Å². The molecule has 0 aliphatic carbocycles. The number of hydrogen-bond donors (Lipinski definition) is 3. The number of nitrogens with one attached hydrogen (secondary N) is 2. The maximum Gasteiger partial charge on any atom is 0.420 e. The lowest BCUT2D eigenvalue weighted by molar-refractivity contribution is -0.138. The quantitative estimate of drug-likeness (QED) is 0.349. The summed E-state index contributed by atoms with van der Waals surface area (Å²) < 4.78 is 42.2. The first-order valence-electron chi connectivity index (χ1n) is 15.1. The van der Waals surface area contributed by atoms with Crippen LogP contribution in [0.1, 0.15) is 42.9 Å². The molecule has 2 aromatic carbocycles. The fourth-order valence-electron chi connectivity index (χ4n) is 6.11. The Kier molecular flexibility index (Phi) is 9.96. The molecular weight excluding hydrogens is 627 g/mol. The summed E-state index contributed by atoms with van der Waals surface area (Å²) in [6.07, 6.45) is -2.83. The molecule has 3 heterocycles. The van der Waals surface area contributed by atoms with Crippen molar-refractivity contribution in [3.8, 4) is 17.1 Å². The van der Waals surface area contributed by atoms with Crippen LogP contribution in [0, 0.1) is 0 Å². The van der Waals surface area contributed by atoms with Gasteiger partial charge in [0.1, 0.15) is 11.8 Å². The van der Waals surface area contributed by atoms with Gasteiger partial charge >= 0.3 is 17.9 Å². The van der Waals surface area contributed by atoms with Gasteiger partial charge in [0.05, 0.1) is 16.6 Å². The number of alkyl halides is 3. The molecule has 46 heavy (non-hydrogen) atoms. The smallest absolute Gasteiger partial charge is 0.420 e. The van der Waals surface area contributed by atoms with Crippen LogP contribution in [0.15, 0.2) is 47.3 Å². The number of hydrogen-bond acceptors (Lipinski definition) is 6. The zero-order chi connectivity index (χ0) is 33.2. The summed E-state index contributed by atoms with van der Waals surface area (Å²) in [6, 6.07) is 9.49. The maximum atomic E-state index is 13.7. The van der Waals surface area contributed by atoms with E-state index >= 15 is 0 Å². The first kappa shape index (κ1) is 33.3. The number of piperidine rings is 2. The summed E-state index contributed by atoms with van der Waals surface area (Å²) in [7, 11) is 3.93. The highest BCUT2D eigenvalue weighted by molar-refractivity contribution is 6.32. The average molecular weight is 664 g/mol. The SMILES string of the molecule is CN(C)C1CCN(C(=O)[C@@H](Cc2cc(Cl)c(O)c(C(F)(F)F)c2)NC(=O)N2CCC(n3nc(-c4ccccc4)[nH]c3=O)CC2)CC1. The van der Waals surface area contributed by atoms with Crippen molar-refractivity contribution < 1.29 is 27.9 Å². The van der Waals surface area contributed by atoms with E-state index in [-0.39, 0.29) is 42.8 Å². The predicted octanol–water partition coefficient (Wildman–Crippen LogP) is 4.13. The Hall–Kier alpha value is -4.04. The highest BCUT2D eigenvalue weighted by atomic mass is 35.5. The highest BCUT2D eigenvalue weighted by Crippen LogP contribution is 2.40. The molecular formula is C31H37ClF3N7O4. The lowest BCUT2D eigenvalue weighted by Gasteiger charge is -2.37. The number of nitrogens with zero attached hydrogens (tertiary/aromatic N) is 5. The van der Waals surface area contributed by atoms with Gasteiger partial charge in [0.15, 0.2) is 5.82 Å². The molecule has 248 valence electrons. The van der Waals surface area contributed by atoms with Crippen LogP contribution < -0.4 is 11.0 Å². The first-order valence-corrected chi connectivity index (χ1v) is 15.5. The van der Waals surface area contributed by atoms with E-state index in [2.05, 4.69) is 20.3 Å². The summed E-state index contributed by atoms with van der Waals surface area (Å²) in [4.78, 5) is 47.9. The zero-order valence-corrected chi connectivity index (χ0v) is 26.3. The summed E-state index contributed by atoms with van der Waals surface area (Å²) in [6.45, 7) is 1.42. The van der Waals surface area contributed by atoms with E-state index in [1.165, 1.54) is 15.6 Å². The predicted molar refractivity (Wildman–Crippen MR) is 166 cm³/mol. The number of likely N-dealkylation sites (tertiary alicyclic amines) is 2. The van der Waals surface area contributed by atoms with Crippen molar-refractivity contribution >= 4 is 23.5 Å². The summed E-state index contributed by atoms with van der Waals surface area (Å²) in [5.74, 6) is -1.05. The molecule has 1 atom stereocenters. The van der Waals surface area contributed by atoms with E-state index in [1.54, 1.807) is 4.90 Å². The van der Waals surface area contributed by atoms with Crippen molar-refractivity contribution in [2.24, 2.45) is 0 Å². The van der Waals surface area contributed by atoms with Gasteiger partial charge in [-0.1, -0.05) is 41.9 Å². The molecule has 3 N–H and O–H groups in total. The third-order valence-electron chi connectivity index (χ3n) is 8.76. The molecule has 15 heteroatoms. The van der Waals surface area contributed by atoms with Crippen LogP contribution in [-0.4, -0.2) is 98.9 Å². The molecule has 2 fully saturated rings. The van der Waals surface area contributed by atoms with Crippen LogP contribution in [0.3, 0.4) is 0 Å². The average Bonchev–Trinajstić information content (AvgIpc) is 3.43. The van der Waals surface area contributed by atoms with Gasteiger partial charge in [-0.15, -0.1) is 5.10 Å². The number of carbonyl (C=O) groups is 2. The number of rotatable bonds is 7. The molecule has 0 bridgehead atoms. The number of phenols is 1. The molecule has 2 aliphatic rings. The van der Waals surface area contributed by atoms with Gasteiger partial charge in [-0.3, -0.25) is 9.78 Å². The zero-order valence-electron chi connectivity index (χ0n) is 25.6. The second-order valence-electron chi connectivity index (χ2n) is 12.0. The lowest BCUT2D eigenvalue weighted by Crippen LogP contribution is -2.56. The molecule has 0 spiro atoms. The second kappa shape index (κ2) is 13.8. The van der Waals surface area contributed by atoms with Crippen LogP contribution in [0.5, 0.6) is 5.75 Å². The van der Waals surface area contributed by atoms with Gasteiger partial charge in [0.2, 0.25) is 5.91 Å². The van der Waals surface area contributed by atoms with Crippen molar-refractivity contribution in [1.82, 2.24) is 34.8 Å². The van der Waals surface area contributed by atoms with E-state index in [4.69, 9.17) is 11.6 Å². The van der Waals surface area contributed by atoms with Crippen molar-refractivity contribution in [1.29, 1.82) is 0 Å². The largest absolute Gasteiger partial charge is 0.506 e. The van der Waals surface area contributed by atoms with E-state index < -0.39 is 40.5 Å². The second-order valence-corrected chi connectivity index (χ2v) is 12.4. The number of amides is 3. The minimum Gasteiger partial charge on any atom is -0.506 e. The molecule has 3 aromatic rings. The minimum absolute atomic E-state index is 0.0442. The molecule has 0 radical (unpaired) electrons. The number of halogens is 4. The molecule has 11 nitrogen and oxygen atoms in total. The Morgan fingerprint density at radius 3 is 2.30 bits per heavy atom. The number of aromatic amines is 1. The van der Waals surface area contributed by atoms with Crippen LogP contribution in [-0.2, 0) is 17.4 Å². The maximum absolute atomic E-state index is 13.7. The molecule has 0 unspecified atom stereocenters. The third-order valence-corrected chi connectivity index (χ3v) is 9.04. The van der Waals surface area contributed by atoms with Crippen LogP contribution in [0.4, 0.5) is 18.0 Å². The van der Waals surface area contributed by atoms with E-state index in [1.807, 2.05) is 44.4 Å². The van der Waals surface area contributed by atoms with E-state index in [0.29, 0.717) is 44.6 Å². The van der Waals surface area contributed by atoms with Gasteiger partial charge in [0.25, 0.3) is 0 Å². The number of phenolic OH excluding ortho intramolecular Hbond substituents is 1.